The van der Waals surface area contributed by atoms with Crippen LogP contribution in [0.3, 0.4) is 0 Å². The number of carbonyl (C=O) groups is 1. The first-order valence-electron chi connectivity index (χ1n) is 8.43. The van der Waals surface area contributed by atoms with Gasteiger partial charge in [0.05, 0.1) is 0 Å². The maximum Gasteiger partial charge on any atom is 0.266 e. The molecule has 28 heavy (non-hydrogen) atoms. The maximum atomic E-state index is 12.5. The zero-order valence-corrected chi connectivity index (χ0v) is 17.6. The minimum Gasteiger partial charge on any atom is -0.457 e. The fourth-order valence-electron chi connectivity index (χ4n) is 2.62. The SMILES string of the molecule is Cc1ccc(-c2ccc(/C=C(\C#N)C(=O)Nc3cccc(Cl)c3C)o2)c(Br)c1. The summed E-state index contributed by atoms with van der Waals surface area (Å²) in [5.41, 5.74) is 3.25. The molecule has 140 valence electrons. The van der Waals surface area contributed by atoms with Crippen molar-refractivity contribution in [1.29, 1.82) is 5.26 Å². The van der Waals surface area contributed by atoms with Crippen molar-refractivity contribution < 1.29 is 9.21 Å². The molecule has 0 atom stereocenters. The van der Waals surface area contributed by atoms with Crippen molar-refractivity contribution in [2.45, 2.75) is 13.8 Å². The largest absolute Gasteiger partial charge is 0.457 e. The van der Waals surface area contributed by atoms with Gasteiger partial charge >= 0.3 is 0 Å². The number of hydrogen-bond donors (Lipinski definition) is 1. The summed E-state index contributed by atoms with van der Waals surface area (Å²) in [6.07, 6.45) is 1.42. The molecule has 0 saturated heterocycles. The van der Waals surface area contributed by atoms with Gasteiger partial charge in [-0.1, -0.05) is 39.7 Å². The van der Waals surface area contributed by atoms with Gasteiger partial charge in [0.2, 0.25) is 0 Å². The first-order chi connectivity index (χ1) is 13.4. The average molecular weight is 456 g/mol. The molecule has 0 saturated carbocycles. The van der Waals surface area contributed by atoms with Crippen LogP contribution in [-0.2, 0) is 4.79 Å². The molecule has 1 aromatic heterocycles. The Morgan fingerprint density at radius 2 is 2.00 bits per heavy atom. The summed E-state index contributed by atoms with van der Waals surface area (Å²) in [4.78, 5) is 12.5. The van der Waals surface area contributed by atoms with E-state index in [2.05, 4.69) is 21.2 Å². The second kappa shape index (κ2) is 8.47. The average Bonchev–Trinajstić information content (AvgIpc) is 3.11. The van der Waals surface area contributed by atoms with Crippen LogP contribution in [0, 0.1) is 25.2 Å². The molecule has 2 aromatic carbocycles. The van der Waals surface area contributed by atoms with Gasteiger partial charge in [0.15, 0.2) is 0 Å². The third kappa shape index (κ3) is 4.36. The predicted molar refractivity (Wildman–Crippen MR) is 115 cm³/mol. The number of benzene rings is 2. The highest BCUT2D eigenvalue weighted by Crippen LogP contribution is 2.31. The van der Waals surface area contributed by atoms with E-state index in [4.69, 9.17) is 16.0 Å². The third-order valence-electron chi connectivity index (χ3n) is 4.18. The molecule has 3 rings (SSSR count). The molecule has 0 bridgehead atoms. The number of amides is 1. The second-order valence-electron chi connectivity index (χ2n) is 6.22. The molecule has 6 heteroatoms. The van der Waals surface area contributed by atoms with E-state index < -0.39 is 5.91 Å². The first kappa shape index (κ1) is 19.9. The van der Waals surface area contributed by atoms with Crippen LogP contribution in [0.4, 0.5) is 5.69 Å². The Kier molecular flexibility index (Phi) is 6.03. The summed E-state index contributed by atoms with van der Waals surface area (Å²) in [5, 5.41) is 12.7. The van der Waals surface area contributed by atoms with E-state index in [1.807, 2.05) is 31.2 Å². The molecule has 0 aliphatic carbocycles. The molecule has 0 spiro atoms. The van der Waals surface area contributed by atoms with Crippen LogP contribution in [0.2, 0.25) is 5.02 Å². The first-order valence-corrected chi connectivity index (χ1v) is 9.60. The smallest absolute Gasteiger partial charge is 0.266 e. The monoisotopic (exact) mass is 454 g/mol. The number of aryl methyl sites for hydroxylation is 1. The Morgan fingerprint density at radius 3 is 2.71 bits per heavy atom. The van der Waals surface area contributed by atoms with Crippen molar-refractivity contribution in [3.63, 3.8) is 0 Å². The minimum atomic E-state index is -0.526. The van der Waals surface area contributed by atoms with Crippen LogP contribution in [0.15, 0.2) is 63.0 Å². The van der Waals surface area contributed by atoms with E-state index >= 15 is 0 Å². The van der Waals surface area contributed by atoms with E-state index in [1.165, 1.54) is 6.08 Å². The predicted octanol–water partition coefficient (Wildman–Crippen LogP) is 6.53. The molecule has 0 fully saturated rings. The van der Waals surface area contributed by atoms with E-state index in [-0.39, 0.29) is 5.57 Å². The molecule has 0 radical (unpaired) electrons. The highest BCUT2D eigenvalue weighted by Gasteiger charge is 2.14. The number of anilines is 1. The second-order valence-corrected chi connectivity index (χ2v) is 7.48. The summed E-state index contributed by atoms with van der Waals surface area (Å²) < 4.78 is 6.72. The Hall–Kier alpha value is -2.81. The lowest BCUT2D eigenvalue weighted by Crippen LogP contribution is -2.14. The van der Waals surface area contributed by atoms with Gasteiger partial charge in [-0.15, -0.1) is 0 Å². The number of furan rings is 1. The van der Waals surface area contributed by atoms with Gasteiger partial charge < -0.3 is 9.73 Å². The summed E-state index contributed by atoms with van der Waals surface area (Å²) >= 11 is 9.60. The van der Waals surface area contributed by atoms with Gasteiger partial charge in [0.25, 0.3) is 5.91 Å². The van der Waals surface area contributed by atoms with Crippen molar-refractivity contribution in [2.75, 3.05) is 5.32 Å². The summed E-state index contributed by atoms with van der Waals surface area (Å²) in [5.74, 6) is 0.529. The molecular weight excluding hydrogens is 440 g/mol. The van der Waals surface area contributed by atoms with Crippen molar-refractivity contribution in [3.8, 4) is 17.4 Å². The topological polar surface area (TPSA) is 66.0 Å². The molecule has 1 N–H and O–H groups in total. The highest BCUT2D eigenvalue weighted by molar-refractivity contribution is 9.10. The van der Waals surface area contributed by atoms with Gasteiger partial charge in [0.1, 0.15) is 23.2 Å². The van der Waals surface area contributed by atoms with Crippen LogP contribution in [0.25, 0.3) is 17.4 Å². The van der Waals surface area contributed by atoms with E-state index in [9.17, 15) is 10.1 Å². The Balaban J connectivity index is 1.85. The lowest BCUT2D eigenvalue weighted by Gasteiger charge is -2.08. The number of rotatable bonds is 4. The fourth-order valence-corrected chi connectivity index (χ4v) is 3.48. The quantitative estimate of drug-likeness (QED) is 0.359. The lowest BCUT2D eigenvalue weighted by atomic mass is 10.1. The molecule has 0 aliphatic heterocycles. The summed E-state index contributed by atoms with van der Waals surface area (Å²) in [6, 6.07) is 16.6. The lowest BCUT2D eigenvalue weighted by molar-refractivity contribution is -0.112. The van der Waals surface area contributed by atoms with Crippen molar-refractivity contribution in [1.82, 2.24) is 0 Å². The van der Waals surface area contributed by atoms with Crippen LogP contribution >= 0.6 is 27.5 Å². The summed E-state index contributed by atoms with van der Waals surface area (Å²) in [6.45, 7) is 3.80. The number of halogens is 2. The van der Waals surface area contributed by atoms with Crippen LogP contribution in [-0.4, -0.2) is 5.91 Å². The zero-order valence-electron chi connectivity index (χ0n) is 15.2. The minimum absolute atomic E-state index is 0.0664. The van der Waals surface area contributed by atoms with Crippen molar-refractivity contribution in [3.05, 3.63) is 80.5 Å². The number of nitrogens with zero attached hydrogens (tertiary/aromatic N) is 1. The Bertz CT molecular complexity index is 1130. The maximum absolute atomic E-state index is 12.5. The normalized spacial score (nSPS) is 11.2. The van der Waals surface area contributed by atoms with Crippen molar-refractivity contribution in [2.24, 2.45) is 0 Å². The van der Waals surface area contributed by atoms with Gasteiger partial charge in [-0.25, -0.2) is 0 Å². The molecule has 0 unspecified atom stereocenters. The van der Waals surface area contributed by atoms with Gasteiger partial charge in [-0.3, -0.25) is 4.79 Å². The molecule has 3 aromatic rings. The molecule has 1 heterocycles. The van der Waals surface area contributed by atoms with E-state index in [0.717, 1.165) is 21.2 Å². The van der Waals surface area contributed by atoms with E-state index in [1.54, 1.807) is 37.3 Å². The number of carbonyl (C=O) groups excluding carboxylic acids is 1. The summed E-state index contributed by atoms with van der Waals surface area (Å²) in [7, 11) is 0. The number of hydrogen-bond acceptors (Lipinski definition) is 3. The Labute approximate surface area is 176 Å². The van der Waals surface area contributed by atoms with Crippen LogP contribution < -0.4 is 5.32 Å². The standard InChI is InChI=1S/C22H16BrClN2O2/c1-13-6-8-17(18(23)10-13)21-9-7-16(28-21)11-15(12-25)22(27)26-20-5-3-4-19(24)14(20)2/h3-11H,1-2H3,(H,26,27)/b15-11+. The van der Waals surface area contributed by atoms with Gasteiger partial charge in [-0.2, -0.15) is 5.26 Å². The molecule has 1 amide bonds. The molecular formula is C22H16BrClN2O2. The molecule has 4 nitrogen and oxygen atoms in total. The van der Waals surface area contributed by atoms with E-state index in [0.29, 0.717) is 22.2 Å². The number of nitriles is 1. The fraction of sp³-hybridized carbons (Fsp3) is 0.0909. The Morgan fingerprint density at radius 1 is 1.21 bits per heavy atom. The van der Waals surface area contributed by atoms with Crippen LogP contribution in [0.1, 0.15) is 16.9 Å². The number of nitrogens with one attached hydrogen (secondary N) is 1. The van der Waals surface area contributed by atoms with Gasteiger partial charge in [-0.05, 0) is 61.4 Å². The molecule has 0 aliphatic rings. The highest BCUT2D eigenvalue weighted by atomic mass is 79.9. The zero-order chi connectivity index (χ0) is 20.3. The van der Waals surface area contributed by atoms with Gasteiger partial charge in [0, 0.05) is 26.8 Å². The van der Waals surface area contributed by atoms with Crippen LogP contribution in [0.5, 0.6) is 0 Å². The van der Waals surface area contributed by atoms with Crippen molar-refractivity contribution >= 4 is 45.2 Å². The third-order valence-corrected chi connectivity index (χ3v) is 5.25.